The normalized spacial score (nSPS) is 12.4. The number of rotatable bonds is 10. The van der Waals surface area contributed by atoms with Gasteiger partial charge < -0.3 is 14.8 Å². The Hall–Kier alpha value is -2.49. The first-order valence-corrected chi connectivity index (χ1v) is 10.0. The molecule has 0 unspecified atom stereocenters. The smallest absolute Gasteiger partial charge is 0.241 e. The van der Waals surface area contributed by atoms with Crippen molar-refractivity contribution < 1.29 is 27.1 Å². The number of halogens is 1. The number of amides is 1. The van der Waals surface area contributed by atoms with Crippen molar-refractivity contribution in [3.8, 4) is 5.75 Å². The highest BCUT2D eigenvalue weighted by Crippen LogP contribution is 2.23. The van der Waals surface area contributed by atoms with Crippen molar-refractivity contribution in [3.63, 3.8) is 0 Å². The summed E-state index contributed by atoms with van der Waals surface area (Å²) in [4.78, 5) is 12.1. The van der Waals surface area contributed by atoms with Gasteiger partial charge in [-0.3, -0.25) is 4.79 Å². The fourth-order valence-electron chi connectivity index (χ4n) is 2.48. The van der Waals surface area contributed by atoms with Gasteiger partial charge in [0.1, 0.15) is 11.6 Å². The summed E-state index contributed by atoms with van der Waals surface area (Å²) >= 11 is 0. The standard InChI is InChI=1S/C19H23FN2O5S/c1-26-12-11-21-19(23)13-18(14-3-7-16(27-2)8-4-14)22-28(24,25)17-9-5-15(20)6-10-17/h3-10,18,22H,11-13H2,1-2H3,(H,21,23)/t18-/m1/s1. The predicted octanol–water partition coefficient (Wildman–Crippen LogP) is 2.01. The maximum Gasteiger partial charge on any atom is 0.241 e. The summed E-state index contributed by atoms with van der Waals surface area (Å²) in [6.45, 7) is 0.662. The summed E-state index contributed by atoms with van der Waals surface area (Å²) in [5.74, 6) is -0.267. The van der Waals surface area contributed by atoms with E-state index in [0.29, 0.717) is 24.5 Å². The lowest BCUT2D eigenvalue weighted by atomic mass is 10.0. The van der Waals surface area contributed by atoms with Crippen LogP contribution in [0, 0.1) is 5.82 Å². The van der Waals surface area contributed by atoms with E-state index in [1.165, 1.54) is 26.4 Å². The Morgan fingerprint density at radius 3 is 2.29 bits per heavy atom. The third-order valence-corrected chi connectivity index (χ3v) is 5.44. The minimum atomic E-state index is -3.96. The predicted molar refractivity (Wildman–Crippen MR) is 102 cm³/mol. The van der Waals surface area contributed by atoms with Crippen molar-refractivity contribution >= 4 is 15.9 Å². The monoisotopic (exact) mass is 410 g/mol. The van der Waals surface area contributed by atoms with E-state index in [1.807, 2.05) is 0 Å². The Bertz CT molecular complexity index is 870. The van der Waals surface area contributed by atoms with Gasteiger partial charge in [-0.25, -0.2) is 17.5 Å². The zero-order chi connectivity index (χ0) is 20.6. The van der Waals surface area contributed by atoms with Crippen molar-refractivity contribution in [2.24, 2.45) is 0 Å². The van der Waals surface area contributed by atoms with Crippen molar-refractivity contribution in [2.45, 2.75) is 17.4 Å². The van der Waals surface area contributed by atoms with Gasteiger partial charge in [-0.15, -0.1) is 0 Å². The number of hydrogen-bond donors (Lipinski definition) is 2. The molecule has 9 heteroatoms. The van der Waals surface area contributed by atoms with E-state index in [9.17, 15) is 17.6 Å². The van der Waals surface area contributed by atoms with E-state index in [-0.39, 0.29) is 17.2 Å². The van der Waals surface area contributed by atoms with Gasteiger partial charge in [0.15, 0.2) is 0 Å². The summed E-state index contributed by atoms with van der Waals surface area (Å²) in [6.07, 6.45) is -0.115. The molecule has 0 saturated carbocycles. The van der Waals surface area contributed by atoms with Crippen molar-refractivity contribution in [3.05, 3.63) is 59.9 Å². The second-order valence-corrected chi connectivity index (χ2v) is 7.66. The van der Waals surface area contributed by atoms with Gasteiger partial charge in [-0.05, 0) is 42.0 Å². The van der Waals surface area contributed by atoms with Crippen LogP contribution in [0.4, 0.5) is 4.39 Å². The molecule has 7 nitrogen and oxygen atoms in total. The molecule has 0 fully saturated rings. The first kappa shape index (κ1) is 21.8. The van der Waals surface area contributed by atoms with Gasteiger partial charge in [-0.1, -0.05) is 12.1 Å². The van der Waals surface area contributed by atoms with E-state index in [0.717, 1.165) is 12.1 Å². The molecule has 2 rings (SSSR count). The molecule has 0 radical (unpaired) electrons. The zero-order valence-corrected chi connectivity index (χ0v) is 16.5. The quantitative estimate of drug-likeness (QED) is 0.585. The van der Waals surface area contributed by atoms with E-state index < -0.39 is 21.9 Å². The van der Waals surface area contributed by atoms with Gasteiger partial charge in [0.05, 0.1) is 24.7 Å². The van der Waals surface area contributed by atoms with Crippen LogP contribution in [0.3, 0.4) is 0 Å². The molecule has 0 saturated heterocycles. The van der Waals surface area contributed by atoms with Crippen LogP contribution in [0.15, 0.2) is 53.4 Å². The Labute approximate surface area is 163 Å². The van der Waals surface area contributed by atoms with Crippen LogP contribution in [0.25, 0.3) is 0 Å². The molecule has 0 aliphatic carbocycles. The SMILES string of the molecule is COCCNC(=O)C[C@@H](NS(=O)(=O)c1ccc(F)cc1)c1ccc(OC)cc1. The lowest BCUT2D eigenvalue weighted by Crippen LogP contribution is -2.34. The average Bonchev–Trinajstić information content (AvgIpc) is 2.68. The summed E-state index contributed by atoms with van der Waals surface area (Å²) in [7, 11) is -0.926. The molecular weight excluding hydrogens is 387 g/mol. The van der Waals surface area contributed by atoms with Gasteiger partial charge >= 0.3 is 0 Å². The van der Waals surface area contributed by atoms with Crippen LogP contribution < -0.4 is 14.8 Å². The molecule has 0 aliphatic rings. The van der Waals surface area contributed by atoms with Gasteiger partial charge in [0.2, 0.25) is 15.9 Å². The Morgan fingerprint density at radius 1 is 1.07 bits per heavy atom. The molecule has 0 aliphatic heterocycles. The summed E-state index contributed by atoms with van der Waals surface area (Å²) in [6, 6.07) is 10.4. The molecule has 2 aromatic carbocycles. The molecule has 152 valence electrons. The Balaban J connectivity index is 2.23. The summed E-state index contributed by atoms with van der Waals surface area (Å²) in [5.41, 5.74) is 0.591. The molecule has 0 bridgehead atoms. The number of methoxy groups -OCH3 is 2. The molecule has 1 amide bonds. The largest absolute Gasteiger partial charge is 0.497 e. The van der Waals surface area contributed by atoms with Crippen LogP contribution in [0.1, 0.15) is 18.0 Å². The number of sulfonamides is 1. The molecule has 2 aromatic rings. The molecule has 28 heavy (non-hydrogen) atoms. The average molecular weight is 410 g/mol. The second kappa shape index (κ2) is 10.2. The van der Waals surface area contributed by atoms with Crippen LogP contribution in [0.5, 0.6) is 5.75 Å². The van der Waals surface area contributed by atoms with Crippen molar-refractivity contribution in [2.75, 3.05) is 27.4 Å². The fraction of sp³-hybridized carbons (Fsp3) is 0.316. The number of benzene rings is 2. The van der Waals surface area contributed by atoms with Crippen molar-refractivity contribution in [1.29, 1.82) is 0 Å². The van der Waals surface area contributed by atoms with Crippen LogP contribution >= 0.6 is 0 Å². The fourth-order valence-corrected chi connectivity index (χ4v) is 3.71. The van der Waals surface area contributed by atoms with Gasteiger partial charge in [0, 0.05) is 20.1 Å². The number of hydrogen-bond acceptors (Lipinski definition) is 5. The lowest BCUT2D eigenvalue weighted by molar-refractivity contribution is -0.121. The molecular formula is C19H23FN2O5S. The van der Waals surface area contributed by atoms with Gasteiger partial charge in [0.25, 0.3) is 0 Å². The molecule has 1 atom stereocenters. The number of nitrogens with one attached hydrogen (secondary N) is 2. The molecule has 2 N–H and O–H groups in total. The minimum Gasteiger partial charge on any atom is -0.497 e. The first-order chi connectivity index (χ1) is 13.4. The maximum atomic E-state index is 13.1. The van der Waals surface area contributed by atoms with E-state index >= 15 is 0 Å². The van der Waals surface area contributed by atoms with E-state index in [1.54, 1.807) is 24.3 Å². The highest BCUT2D eigenvalue weighted by Gasteiger charge is 2.24. The van der Waals surface area contributed by atoms with E-state index in [4.69, 9.17) is 9.47 Å². The highest BCUT2D eigenvalue weighted by atomic mass is 32.2. The molecule has 0 spiro atoms. The molecule has 0 heterocycles. The highest BCUT2D eigenvalue weighted by molar-refractivity contribution is 7.89. The third-order valence-electron chi connectivity index (χ3n) is 3.96. The minimum absolute atomic E-state index is 0.0906. The maximum absolute atomic E-state index is 13.1. The molecule has 0 aromatic heterocycles. The topological polar surface area (TPSA) is 93.7 Å². The third kappa shape index (κ3) is 6.29. The number of carbonyl (C=O) groups excluding carboxylic acids is 1. The number of ether oxygens (including phenoxy) is 2. The van der Waals surface area contributed by atoms with Crippen LogP contribution in [-0.4, -0.2) is 41.7 Å². The van der Waals surface area contributed by atoms with Crippen molar-refractivity contribution in [1.82, 2.24) is 10.0 Å². The summed E-state index contributed by atoms with van der Waals surface area (Å²) < 4.78 is 51.0. The van der Waals surface area contributed by atoms with Gasteiger partial charge in [-0.2, -0.15) is 0 Å². The van der Waals surface area contributed by atoms with Crippen LogP contribution in [0.2, 0.25) is 0 Å². The Kier molecular flexibility index (Phi) is 7.91. The first-order valence-electron chi connectivity index (χ1n) is 8.53. The second-order valence-electron chi connectivity index (χ2n) is 5.95. The van der Waals surface area contributed by atoms with Crippen LogP contribution in [-0.2, 0) is 19.6 Å². The zero-order valence-electron chi connectivity index (χ0n) is 15.6. The Morgan fingerprint density at radius 2 is 1.71 bits per heavy atom. The summed E-state index contributed by atoms with van der Waals surface area (Å²) in [5, 5.41) is 2.67. The lowest BCUT2D eigenvalue weighted by Gasteiger charge is -2.19. The number of carbonyl (C=O) groups is 1. The van der Waals surface area contributed by atoms with E-state index in [2.05, 4.69) is 10.0 Å².